The van der Waals surface area contributed by atoms with E-state index in [2.05, 4.69) is 74.6 Å². The van der Waals surface area contributed by atoms with Crippen LogP contribution in [-0.4, -0.2) is 36.4 Å². The molecule has 0 amide bonds. The Kier molecular flexibility index (Phi) is 37.1. The summed E-state index contributed by atoms with van der Waals surface area (Å²) in [6, 6.07) is 0. The standard InChI is InChI=1S/C43H74O5/c1-3-5-7-9-11-13-15-17-18-19-20-21-22-23-24-26-28-30-32-34-36-38-43(46)48-41(39-44)40-47-42(45)37-35-33-31-29-27-25-16-14-12-10-8-6-4-2/h8,10,14-17,19-20,22-23,41,44H,3-7,9,11-13,18,21,24-40H2,1-2H3/b10-8-,16-14-,17-15-,20-19-,23-22-. The Labute approximate surface area is 296 Å². The molecular weight excluding hydrogens is 596 g/mol. The van der Waals surface area contributed by atoms with Gasteiger partial charge in [0.2, 0.25) is 0 Å². The smallest absolute Gasteiger partial charge is 0.306 e. The Bertz CT molecular complexity index is 853. The molecule has 48 heavy (non-hydrogen) atoms. The molecule has 276 valence electrons. The Hall–Kier alpha value is -2.40. The largest absolute Gasteiger partial charge is 0.462 e. The molecule has 0 aliphatic heterocycles. The summed E-state index contributed by atoms with van der Waals surface area (Å²) in [6.45, 7) is 4.03. The van der Waals surface area contributed by atoms with Crippen molar-refractivity contribution in [1.82, 2.24) is 0 Å². The van der Waals surface area contributed by atoms with Crippen LogP contribution < -0.4 is 0 Å². The summed E-state index contributed by atoms with van der Waals surface area (Å²) in [4.78, 5) is 24.2. The van der Waals surface area contributed by atoms with Gasteiger partial charge in [-0.1, -0.05) is 152 Å². The fraction of sp³-hybridized carbons (Fsp3) is 0.721. The van der Waals surface area contributed by atoms with Crippen molar-refractivity contribution in [1.29, 1.82) is 0 Å². The number of rotatable bonds is 35. The normalized spacial score (nSPS) is 12.8. The summed E-state index contributed by atoms with van der Waals surface area (Å²) in [6.07, 6.45) is 49.9. The quantitative estimate of drug-likeness (QED) is 0.0413. The van der Waals surface area contributed by atoms with Gasteiger partial charge in [-0.05, 0) is 77.0 Å². The van der Waals surface area contributed by atoms with Crippen molar-refractivity contribution in [2.75, 3.05) is 13.2 Å². The Morgan fingerprint density at radius 1 is 0.479 bits per heavy atom. The highest BCUT2D eigenvalue weighted by molar-refractivity contribution is 5.70. The maximum atomic E-state index is 12.2. The van der Waals surface area contributed by atoms with Gasteiger partial charge in [-0.15, -0.1) is 0 Å². The average molecular weight is 671 g/mol. The molecule has 0 aromatic carbocycles. The topological polar surface area (TPSA) is 72.8 Å². The molecule has 0 heterocycles. The first kappa shape index (κ1) is 45.6. The SMILES string of the molecule is CCC/C=C\C/C=C\CCCCCCCC(=O)OCC(CO)OC(=O)CCCCCCCC/C=C\C/C=C\C/C=C\CCCCCCC. The molecule has 1 unspecified atom stereocenters. The second-order valence-electron chi connectivity index (χ2n) is 13.0. The van der Waals surface area contributed by atoms with Crippen LogP contribution in [0.25, 0.3) is 0 Å². The van der Waals surface area contributed by atoms with E-state index in [4.69, 9.17) is 9.47 Å². The first-order valence-electron chi connectivity index (χ1n) is 19.8. The summed E-state index contributed by atoms with van der Waals surface area (Å²) >= 11 is 0. The van der Waals surface area contributed by atoms with Crippen LogP contribution in [0.15, 0.2) is 60.8 Å². The lowest BCUT2D eigenvalue weighted by atomic mass is 10.1. The number of aliphatic hydroxyl groups is 1. The van der Waals surface area contributed by atoms with E-state index in [0.29, 0.717) is 12.8 Å². The van der Waals surface area contributed by atoms with Gasteiger partial charge >= 0.3 is 11.9 Å². The second kappa shape index (κ2) is 39.0. The number of aliphatic hydroxyl groups excluding tert-OH is 1. The third-order valence-electron chi connectivity index (χ3n) is 8.26. The summed E-state index contributed by atoms with van der Waals surface area (Å²) in [7, 11) is 0. The molecule has 1 atom stereocenters. The molecule has 0 radical (unpaired) electrons. The van der Waals surface area contributed by atoms with Crippen LogP contribution in [0.4, 0.5) is 0 Å². The second-order valence-corrected chi connectivity index (χ2v) is 13.0. The van der Waals surface area contributed by atoms with Crippen molar-refractivity contribution in [3.05, 3.63) is 60.8 Å². The molecule has 0 aromatic rings. The molecule has 0 saturated heterocycles. The zero-order valence-corrected chi connectivity index (χ0v) is 31.2. The van der Waals surface area contributed by atoms with Gasteiger partial charge in [0, 0.05) is 12.8 Å². The minimum Gasteiger partial charge on any atom is -0.462 e. The van der Waals surface area contributed by atoms with Crippen LogP contribution in [0.5, 0.6) is 0 Å². The summed E-state index contributed by atoms with van der Waals surface area (Å²) in [5.74, 6) is -0.626. The van der Waals surface area contributed by atoms with Gasteiger partial charge in [0.1, 0.15) is 6.61 Å². The van der Waals surface area contributed by atoms with Crippen LogP contribution in [0.1, 0.15) is 181 Å². The predicted molar refractivity (Wildman–Crippen MR) is 205 cm³/mol. The van der Waals surface area contributed by atoms with E-state index >= 15 is 0 Å². The number of carbonyl (C=O) groups excluding carboxylic acids is 2. The van der Waals surface area contributed by atoms with Crippen molar-refractivity contribution >= 4 is 11.9 Å². The van der Waals surface area contributed by atoms with E-state index in [9.17, 15) is 14.7 Å². The van der Waals surface area contributed by atoms with Gasteiger partial charge in [-0.25, -0.2) is 0 Å². The highest BCUT2D eigenvalue weighted by Gasteiger charge is 2.16. The molecule has 0 aromatic heterocycles. The van der Waals surface area contributed by atoms with Gasteiger partial charge in [-0.2, -0.15) is 0 Å². The zero-order chi connectivity index (χ0) is 35.0. The van der Waals surface area contributed by atoms with Crippen molar-refractivity contribution in [2.24, 2.45) is 0 Å². The fourth-order valence-electron chi connectivity index (χ4n) is 5.24. The molecule has 5 nitrogen and oxygen atoms in total. The Morgan fingerprint density at radius 3 is 1.33 bits per heavy atom. The number of ether oxygens (including phenoxy) is 2. The highest BCUT2D eigenvalue weighted by atomic mass is 16.6. The third kappa shape index (κ3) is 36.4. The van der Waals surface area contributed by atoms with Gasteiger partial charge in [-0.3, -0.25) is 9.59 Å². The number of hydrogen-bond acceptors (Lipinski definition) is 5. The molecular formula is C43H74O5. The number of esters is 2. The van der Waals surface area contributed by atoms with E-state index in [0.717, 1.165) is 77.0 Å². The van der Waals surface area contributed by atoms with Crippen LogP contribution in [0.3, 0.4) is 0 Å². The maximum Gasteiger partial charge on any atom is 0.306 e. The monoisotopic (exact) mass is 671 g/mol. The van der Waals surface area contributed by atoms with Crippen LogP contribution >= 0.6 is 0 Å². The summed E-state index contributed by atoms with van der Waals surface area (Å²) < 4.78 is 10.6. The fourth-order valence-corrected chi connectivity index (χ4v) is 5.24. The number of unbranched alkanes of at least 4 members (excludes halogenated alkanes) is 17. The lowest BCUT2D eigenvalue weighted by Gasteiger charge is -2.15. The van der Waals surface area contributed by atoms with Crippen molar-refractivity contribution < 1.29 is 24.2 Å². The van der Waals surface area contributed by atoms with E-state index in [-0.39, 0.29) is 25.2 Å². The molecule has 0 saturated carbocycles. The lowest BCUT2D eigenvalue weighted by molar-refractivity contribution is -0.161. The predicted octanol–water partition coefficient (Wildman–Crippen LogP) is 12.4. The van der Waals surface area contributed by atoms with Crippen LogP contribution in [0.2, 0.25) is 0 Å². The van der Waals surface area contributed by atoms with Gasteiger partial charge < -0.3 is 14.6 Å². The van der Waals surface area contributed by atoms with E-state index in [1.165, 1.54) is 77.0 Å². The van der Waals surface area contributed by atoms with Gasteiger partial charge in [0.05, 0.1) is 6.61 Å². The minimum absolute atomic E-state index is 0.0809. The van der Waals surface area contributed by atoms with Gasteiger partial charge in [0.15, 0.2) is 6.10 Å². The molecule has 0 fully saturated rings. The summed E-state index contributed by atoms with van der Waals surface area (Å²) in [5, 5.41) is 9.55. The lowest BCUT2D eigenvalue weighted by Crippen LogP contribution is -2.28. The van der Waals surface area contributed by atoms with Crippen LogP contribution in [0, 0.1) is 0 Å². The first-order valence-corrected chi connectivity index (χ1v) is 19.8. The van der Waals surface area contributed by atoms with Crippen LogP contribution in [-0.2, 0) is 19.1 Å². The van der Waals surface area contributed by atoms with Crippen molar-refractivity contribution in [3.63, 3.8) is 0 Å². The average Bonchev–Trinajstić information content (AvgIpc) is 3.09. The maximum absolute atomic E-state index is 12.2. The number of hydrogen-bond donors (Lipinski definition) is 1. The van der Waals surface area contributed by atoms with Gasteiger partial charge in [0.25, 0.3) is 0 Å². The van der Waals surface area contributed by atoms with E-state index < -0.39 is 6.10 Å². The Balaban J connectivity index is 3.62. The molecule has 0 aliphatic carbocycles. The molecule has 0 rings (SSSR count). The van der Waals surface area contributed by atoms with E-state index in [1.54, 1.807) is 0 Å². The highest BCUT2D eigenvalue weighted by Crippen LogP contribution is 2.12. The van der Waals surface area contributed by atoms with E-state index in [1.807, 2.05) is 0 Å². The molecule has 0 bridgehead atoms. The molecule has 5 heteroatoms. The molecule has 0 spiro atoms. The Morgan fingerprint density at radius 2 is 0.875 bits per heavy atom. The van der Waals surface area contributed by atoms with Crippen molar-refractivity contribution in [2.45, 2.75) is 187 Å². The zero-order valence-electron chi connectivity index (χ0n) is 31.2. The minimum atomic E-state index is -0.785. The third-order valence-corrected chi connectivity index (χ3v) is 8.26. The molecule has 1 N–H and O–H groups in total. The molecule has 0 aliphatic rings. The van der Waals surface area contributed by atoms with Crippen molar-refractivity contribution in [3.8, 4) is 0 Å². The summed E-state index contributed by atoms with van der Waals surface area (Å²) in [5.41, 5.74) is 0. The number of carbonyl (C=O) groups is 2. The first-order chi connectivity index (χ1) is 23.6. The number of allylic oxidation sites excluding steroid dienone is 10.